The maximum atomic E-state index is 10.7. The molecule has 0 saturated heterocycles. The zero-order valence-corrected chi connectivity index (χ0v) is 7.62. The van der Waals surface area contributed by atoms with E-state index < -0.39 is 4.92 Å². The lowest BCUT2D eigenvalue weighted by molar-refractivity contribution is -0.383. The molecule has 1 aromatic heterocycles. The van der Waals surface area contributed by atoms with Gasteiger partial charge in [0.2, 0.25) is 0 Å². The van der Waals surface area contributed by atoms with Crippen molar-refractivity contribution in [3.05, 3.63) is 34.5 Å². The number of hydrogen-bond acceptors (Lipinski definition) is 4. The van der Waals surface area contributed by atoms with Crippen LogP contribution in [-0.2, 0) is 6.54 Å². The third-order valence-electron chi connectivity index (χ3n) is 2.08. The Labute approximate surface area is 84.5 Å². The second kappa shape index (κ2) is 3.38. The summed E-state index contributed by atoms with van der Waals surface area (Å²) in [6, 6.07) is 6.64. The Balaban J connectivity index is 2.70. The maximum absolute atomic E-state index is 10.7. The lowest BCUT2D eigenvalue weighted by Gasteiger charge is -1.96. The first-order chi connectivity index (χ1) is 7.24. The molecule has 0 saturated carbocycles. The molecule has 0 spiro atoms. The zero-order chi connectivity index (χ0) is 10.8. The van der Waals surface area contributed by atoms with Crippen molar-refractivity contribution in [2.75, 3.05) is 0 Å². The highest BCUT2D eigenvalue weighted by molar-refractivity contribution is 5.87. The normalized spacial score (nSPS) is 10.1. The number of aromatic nitrogens is 2. The van der Waals surface area contributed by atoms with Crippen LogP contribution in [0.4, 0.5) is 5.69 Å². The van der Waals surface area contributed by atoms with Crippen LogP contribution in [0.25, 0.3) is 10.9 Å². The van der Waals surface area contributed by atoms with Crippen LogP contribution in [0, 0.1) is 21.4 Å². The van der Waals surface area contributed by atoms with Gasteiger partial charge in [0.05, 0.1) is 28.1 Å². The van der Waals surface area contributed by atoms with Gasteiger partial charge in [-0.05, 0) is 6.07 Å². The van der Waals surface area contributed by atoms with Crippen molar-refractivity contribution in [2.24, 2.45) is 0 Å². The van der Waals surface area contributed by atoms with E-state index in [1.165, 1.54) is 16.9 Å². The molecule has 74 valence electrons. The predicted molar refractivity (Wildman–Crippen MR) is 52.0 cm³/mol. The standard InChI is InChI=1S/C9H6N4O2/c10-4-5-12-8-2-1-3-9(13(14)15)7(8)6-11-12/h1-3,6H,5H2. The summed E-state index contributed by atoms with van der Waals surface area (Å²) in [7, 11) is 0. The van der Waals surface area contributed by atoms with Crippen LogP contribution in [0.2, 0.25) is 0 Å². The fourth-order valence-corrected chi connectivity index (χ4v) is 1.44. The largest absolute Gasteiger partial charge is 0.280 e. The quantitative estimate of drug-likeness (QED) is 0.545. The minimum atomic E-state index is -0.458. The van der Waals surface area contributed by atoms with Crippen LogP contribution in [0.1, 0.15) is 0 Å². The minimum Gasteiger partial charge on any atom is -0.258 e. The topological polar surface area (TPSA) is 84.8 Å². The second-order valence-corrected chi connectivity index (χ2v) is 2.93. The van der Waals surface area contributed by atoms with Crippen molar-refractivity contribution < 1.29 is 4.92 Å². The van der Waals surface area contributed by atoms with E-state index in [1.807, 2.05) is 6.07 Å². The SMILES string of the molecule is N#CCn1ncc2c([N+](=O)[O-])cccc21. The fraction of sp³-hybridized carbons (Fsp3) is 0.111. The number of nitro benzene ring substituents is 1. The van der Waals surface area contributed by atoms with E-state index >= 15 is 0 Å². The molecule has 0 bridgehead atoms. The van der Waals surface area contributed by atoms with Gasteiger partial charge in [0.1, 0.15) is 6.54 Å². The molecule has 0 radical (unpaired) electrons. The summed E-state index contributed by atoms with van der Waals surface area (Å²) < 4.78 is 1.43. The smallest absolute Gasteiger partial charge is 0.258 e. The van der Waals surface area contributed by atoms with E-state index in [-0.39, 0.29) is 12.2 Å². The summed E-state index contributed by atoms with van der Waals surface area (Å²) in [4.78, 5) is 10.2. The maximum Gasteiger partial charge on any atom is 0.280 e. The Morgan fingerprint density at radius 3 is 3.07 bits per heavy atom. The van der Waals surface area contributed by atoms with Gasteiger partial charge >= 0.3 is 0 Å². The van der Waals surface area contributed by atoms with E-state index in [4.69, 9.17) is 5.26 Å². The molecule has 1 aromatic carbocycles. The summed E-state index contributed by atoms with van der Waals surface area (Å²) in [6.07, 6.45) is 1.41. The van der Waals surface area contributed by atoms with Gasteiger partial charge in [-0.15, -0.1) is 0 Å². The average Bonchev–Trinajstić information content (AvgIpc) is 2.62. The third kappa shape index (κ3) is 1.40. The number of rotatable bonds is 2. The summed E-state index contributed by atoms with van der Waals surface area (Å²) >= 11 is 0. The molecule has 0 amide bonds. The molecule has 0 unspecified atom stereocenters. The van der Waals surface area contributed by atoms with Gasteiger partial charge < -0.3 is 0 Å². The van der Waals surface area contributed by atoms with Gasteiger partial charge in [-0.1, -0.05) is 6.07 Å². The number of nitrogens with zero attached hydrogens (tertiary/aromatic N) is 4. The molecule has 6 heteroatoms. The predicted octanol–water partition coefficient (Wildman–Crippen LogP) is 1.47. The molecule has 6 nitrogen and oxygen atoms in total. The van der Waals surface area contributed by atoms with Gasteiger partial charge in [0.15, 0.2) is 0 Å². The first-order valence-corrected chi connectivity index (χ1v) is 4.20. The van der Waals surface area contributed by atoms with Crippen LogP contribution >= 0.6 is 0 Å². The van der Waals surface area contributed by atoms with Crippen LogP contribution in [0.3, 0.4) is 0 Å². The van der Waals surface area contributed by atoms with E-state index in [9.17, 15) is 10.1 Å². The molecular weight excluding hydrogens is 196 g/mol. The third-order valence-corrected chi connectivity index (χ3v) is 2.08. The molecule has 0 atom stereocenters. The van der Waals surface area contributed by atoms with Gasteiger partial charge in [0.25, 0.3) is 5.69 Å². The van der Waals surface area contributed by atoms with E-state index in [2.05, 4.69) is 5.10 Å². The van der Waals surface area contributed by atoms with Gasteiger partial charge in [-0.25, -0.2) is 0 Å². The number of nitro groups is 1. The Hall–Kier alpha value is -2.42. The Morgan fingerprint density at radius 2 is 2.40 bits per heavy atom. The number of nitriles is 1. The highest BCUT2D eigenvalue weighted by Gasteiger charge is 2.14. The average molecular weight is 202 g/mol. The summed E-state index contributed by atoms with van der Waals surface area (Å²) in [6.45, 7) is 0.0880. The highest BCUT2D eigenvalue weighted by Crippen LogP contribution is 2.24. The van der Waals surface area contributed by atoms with Crippen LogP contribution in [0.15, 0.2) is 24.4 Å². The van der Waals surface area contributed by atoms with E-state index in [0.717, 1.165) is 0 Å². The number of fused-ring (bicyclic) bond motifs is 1. The zero-order valence-electron chi connectivity index (χ0n) is 7.62. The molecule has 0 N–H and O–H groups in total. The molecule has 0 aliphatic heterocycles. The minimum absolute atomic E-state index is 0.0108. The van der Waals surface area contributed by atoms with Crippen molar-refractivity contribution in [3.8, 4) is 6.07 Å². The Kier molecular flexibility index (Phi) is 2.06. The van der Waals surface area contributed by atoms with E-state index in [0.29, 0.717) is 10.9 Å². The molecule has 0 fully saturated rings. The lowest BCUT2D eigenvalue weighted by atomic mass is 10.2. The van der Waals surface area contributed by atoms with Gasteiger partial charge in [0, 0.05) is 6.07 Å². The Morgan fingerprint density at radius 1 is 1.60 bits per heavy atom. The lowest BCUT2D eigenvalue weighted by Crippen LogP contribution is -1.96. The Bertz CT molecular complexity index is 567. The van der Waals surface area contributed by atoms with Crippen molar-refractivity contribution in [2.45, 2.75) is 6.54 Å². The number of hydrogen-bond donors (Lipinski definition) is 0. The fourth-order valence-electron chi connectivity index (χ4n) is 1.44. The van der Waals surface area contributed by atoms with Gasteiger partial charge in [-0.2, -0.15) is 10.4 Å². The molecule has 2 aromatic rings. The summed E-state index contributed by atoms with van der Waals surface area (Å²) in [5.74, 6) is 0. The highest BCUT2D eigenvalue weighted by atomic mass is 16.6. The van der Waals surface area contributed by atoms with Crippen molar-refractivity contribution in [3.63, 3.8) is 0 Å². The van der Waals surface area contributed by atoms with Crippen molar-refractivity contribution >= 4 is 16.6 Å². The summed E-state index contributed by atoms with van der Waals surface area (Å²) in [5.41, 5.74) is 0.613. The molecule has 1 heterocycles. The molecule has 15 heavy (non-hydrogen) atoms. The van der Waals surface area contributed by atoms with Crippen molar-refractivity contribution in [1.29, 1.82) is 5.26 Å². The monoisotopic (exact) mass is 202 g/mol. The first kappa shape index (κ1) is 9.15. The number of benzene rings is 1. The first-order valence-electron chi connectivity index (χ1n) is 4.20. The molecule has 0 aliphatic carbocycles. The molecular formula is C9H6N4O2. The van der Waals surface area contributed by atoms with E-state index in [1.54, 1.807) is 12.1 Å². The van der Waals surface area contributed by atoms with Crippen LogP contribution in [-0.4, -0.2) is 14.7 Å². The van der Waals surface area contributed by atoms with Crippen LogP contribution < -0.4 is 0 Å². The number of non-ortho nitro benzene ring substituents is 1. The second-order valence-electron chi connectivity index (χ2n) is 2.93. The van der Waals surface area contributed by atoms with Crippen LogP contribution in [0.5, 0.6) is 0 Å². The summed E-state index contributed by atoms with van der Waals surface area (Å²) in [5, 5.41) is 23.6. The van der Waals surface area contributed by atoms with Crippen molar-refractivity contribution in [1.82, 2.24) is 9.78 Å². The van der Waals surface area contributed by atoms with Gasteiger partial charge in [-0.3, -0.25) is 14.8 Å². The molecule has 0 aliphatic rings. The molecule has 2 rings (SSSR count).